The third kappa shape index (κ3) is 168. The summed E-state index contributed by atoms with van der Waals surface area (Å²) in [7, 11) is 11.5. The van der Waals surface area contributed by atoms with Crippen LogP contribution in [0.5, 0.6) is 0 Å². The van der Waals surface area contributed by atoms with Gasteiger partial charge in [-0.3, -0.25) is 0 Å². The van der Waals surface area contributed by atoms with E-state index in [2.05, 4.69) is 259 Å². The van der Waals surface area contributed by atoms with Gasteiger partial charge in [0.2, 0.25) is 0 Å². The van der Waals surface area contributed by atoms with Crippen molar-refractivity contribution in [1.29, 1.82) is 1.36 Å². The summed E-state index contributed by atoms with van der Waals surface area (Å²) >= 11 is 49.4. The van der Waals surface area contributed by atoms with Crippen molar-refractivity contribution in [2.24, 2.45) is 0 Å². The third-order valence-electron chi connectivity index (χ3n) is 9.93. The molecule has 0 rings (SSSR count). The molecule has 0 spiro atoms. The maximum atomic E-state index is 5.88. The monoisotopic (exact) mass is 2880 g/mol. The van der Waals surface area contributed by atoms with Crippen LogP contribution in [0.3, 0.4) is 0 Å². The van der Waals surface area contributed by atoms with Crippen molar-refractivity contribution in [2.45, 2.75) is 208 Å². The van der Waals surface area contributed by atoms with Gasteiger partial charge in [0, 0.05) is 122 Å². The molecule has 29 heteroatoms. The van der Waals surface area contributed by atoms with Crippen LogP contribution in [0.1, 0.15) is 180 Å². The normalized spacial score (nSPS) is 9.31. The summed E-state index contributed by atoms with van der Waals surface area (Å²) in [5.74, 6) is 0. The molecule has 0 radical (unpaired) electrons. The van der Waals surface area contributed by atoms with Crippen LogP contribution in [0.25, 0.3) is 0 Å². The van der Waals surface area contributed by atoms with Gasteiger partial charge in [-0.25, -0.2) is 0 Å². The van der Waals surface area contributed by atoms with Crippen molar-refractivity contribution < 1.29 is 162 Å². The van der Waals surface area contributed by atoms with Gasteiger partial charge in [-0.1, -0.05) is 93.3 Å². The van der Waals surface area contributed by atoms with Crippen LogP contribution in [0.4, 0.5) is 0 Å². The minimum absolute atomic E-state index is 0. The van der Waals surface area contributed by atoms with Crippen molar-refractivity contribution in [3.05, 3.63) is 0 Å². The molecule has 0 bridgehead atoms. The van der Waals surface area contributed by atoms with Gasteiger partial charge >= 0.3 is 158 Å². The van der Waals surface area contributed by atoms with E-state index in [4.69, 9.17) is 56.5 Å². The summed E-state index contributed by atoms with van der Waals surface area (Å²) in [6.07, 6.45) is 8.74. The van der Waals surface area contributed by atoms with Crippen LogP contribution in [-0.2, 0) is 219 Å². The number of hydrogen-bond acceptors (Lipinski definition) is 10. The van der Waals surface area contributed by atoms with Crippen LogP contribution >= 0.6 is 117 Å². The minimum Gasteiger partial charge on any atom is 1.00 e. The van der Waals surface area contributed by atoms with Crippen molar-refractivity contribution >= 4 is 201 Å². The van der Waals surface area contributed by atoms with E-state index in [1.807, 2.05) is 79.8 Å². The third-order valence-corrected chi connectivity index (χ3v) is 26.7. The standard InChI is InChI=1S/2C9H21P.2C6H15P.2C5H11NS2.3C3H7NS2.3C3H9P.3CH4.7Au.2H/c2*1-7(2)10(8(3)4)9(5)6;2*1-4-7(5-2)6-3;2*1-3-6(4-2)5(7)8;3*1-4(2)3(5)6;3*1-4(2)3;;;;;;;;;;;;/h2*7-9H,1-6H3;2*4-6H2,1-3H3;2*3-4H2,1-2H3,(H,7,8);3*1-2H3,(H,5,6);3*1-3H3;3*1H4;;;;;;;;;/q;;;;;;;;;;;;;;;;;5*+1;;/i;;;;;;;;;;;;2*1TD;;;;;;;;;2*1+1. The molecule has 0 saturated heterocycles. The van der Waals surface area contributed by atoms with E-state index >= 15 is 0 Å². The summed E-state index contributed by atoms with van der Waals surface area (Å²) < 4.78 is 37.6. The summed E-state index contributed by atoms with van der Waals surface area (Å²) in [6.45, 7) is 74.4. The molecule has 0 N–H and O–H groups in total. The van der Waals surface area contributed by atoms with Gasteiger partial charge in [0.1, 0.15) is 0 Å². The summed E-state index contributed by atoms with van der Waals surface area (Å²) in [6, 6.07) is 0. The van der Waals surface area contributed by atoms with Gasteiger partial charge in [-0.05, 0) is 179 Å². The Morgan fingerprint density at radius 3 is 0.522 bits per heavy atom. The molecule has 5 nitrogen and oxygen atoms in total. The van der Waals surface area contributed by atoms with E-state index in [-0.39, 0.29) is 182 Å². The molecule has 0 unspecified atom stereocenters. The number of hydrogen-bond donors (Lipinski definition) is 0. The molecule has 0 amide bonds. The van der Waals surface area contributed by atoms with Gasteiger partial charge in [0.15, 0.2) is 0 Å². The van der Waals surface area contributed by atoms with E-state index < -0.39 is 0 Å². The van der Waals surface area contributed by atoms with E-state index in [0.717, 1.165) is 60.1 Å². The van der Waals surface area contributed by atoms with Gasteiger partial charge in [0.05, 0.1) is 53.9 Å². The Kier molecular flexibility index (Phi) is 182. The minimum atomic E-state index is -0.250. The molecule has 0 aliphatic rings. The Bertz CT molecular complexity index is 1200. The Labute approximate surface area is 752 Å². The zero-order chi connectivity index (χ0) is 76.8. The van der Waals surface area contributed by atoms with Crippen molar-refractivity contribution in [1.82, 2.24) is 24.5 Å². The predicted octanol–water partition coefficient (Wildman–Crippen LogP) is 20.0. The maximum absolute atomic E-state index is 5.88. The van der Waals surface area contributed by atoms with Gasteiger partial charge in [0.25, 0.3) is 0 Å². The average molecular weight is 2880 g/mol. The van der Waals surface area contributed by atoms with Crippen LogP contribution in [0.15, 0.2) is 0 Å². The molecular formula is C61H156Au7N5P7S10+5. The SMILES string of the molecule is C.CC(C)P(C(C)C)C(C)C.CC(C)[PH+](C(C)C)C(C)C.CCN(CC)C(=S)[S-].CCN(CC)C(=S)[S-].CC[PH+](CC)CC.CC[PH+](CC)CC.CN(C)C(=S)[S-].CN(C)C(=S)[S-].CN(C)C(=S)[S-].CP(C)C.C[PH+](C)C.C[PH+](C)C.[2H]C[3H].[2H]C[3H].[2H][Au].[2H][Au].[Au+].[Au+].[Au+].[Au+].[Au+]. The first-order valence-electron chi connectivity index (χ1n) is 32.6. The van der Waals surface area contributed by atoms with Crippen LogP contribution in [-0.4, -0.2) is 247 Å². The molecule has 0 saturated carbocycles. The van der Waals surface area contributed by atoms with Crippen LogP contribution < -0.4 is 0 Å². The quantitative estimate of drug-likeness (QED) is 0.0631. The first kappa shape index (κ1) is 138. The van der Waals surface area contributed by atoms with Gasteiger partial charge in [-0.2, -0.15) is 0 Å². The fourth-order valence-electron chi connectivity index (χ4n) is 6.25. The number of thiocarbonyl (C=S) groups is 5. The zero-order valence-corrected chi connectivity index (χ0v) is 93.4. The molecule has 0 atom stereocenters. The van der Waals surface area contributed by atoms with Gasteiger partial charge < -0.3 is 149 Å². The number of nitrogens with zero attached hydrogens (tertiary/aromatic N) is 5. The first-order valence-corrected chi connectivity index (χ1v) is 49.5. The second kappa shape index (κ2) is 119. The molecule has 0 aromatic heterocycles. The average Bonchev–Trinajstić information content (AvgIpc) is 3.40. The molecular weight excluding hydrogens is 2720 g/mol. The summed E-state index contributed by atoms with van der Waals surface area (Å²) in [4.78, 5) is 9.06. The molecule has 0 aromatic rings. The Morgan fingerprint density at radius 2 is 0.522 bits per heavy atom. The second-order valence-corrected chi connectivity index (χ2v) is 51.6. The zero-order valence-electron chi connectivity index (χ0n) is 69.3. The predicted molar refractivity (Wildman–Crippen MR) is 472 cm³/mol. The van der Waals surface area contributed by atoms with Crippen molar-refractivity contribution in [3.63, 3.8) is 0 Å². The fraction of sp³-hybridized carbons (Fsp3) is 0.918. The molecule has 0 fully saturated rings. The largest absolute Gasteiger partial charge is 1.00 e. The maximum Gasteiger partial charge on any atom is 1.00 e. The van der Waals surface area contributed by atoms with E-state index in [1.165, 1.54) is 81.4 Å². The Hall–Kier alpha value is 8.74. The Balaban J connectivity index is -0.0000000308. The summed E-state index contributed by atoms with van der Waals surface area (Å²) in [5, 5.41) is 0. The molecule has 0 aliphatic carbocycles. The smallest absolute Gasteiger partial charge is 1.00 e. The molecule has 0 aliphatic heterocycles. The van der Waals surface area contributed by atoms with E-state index in [0.29, 0.717) is 29.5 Å². The molecule has 592 valence electrons. The molecule has 0 aromatic carbocycles. The van der Waals surface area contributed by atoms with E-state index in [9.17, 15) is 0 Å². The second-order valence-electron chi connectivity index (χ2n) is 22.0. The van der Waals surface area contributed by atoms with Crippen LogP contribution in [0.2, 0.25) is 0 Å². The molecule has 0 heterocycles. The van der Waals surface area contributed by atoms with Gasteiger partial charge in [-0.15, -0.1) is 7.92 Å². The Morgan fingerprint density at radius 1 is 0.411 bits per heavy atom. The topological polar surface area (TPSA) is 16.2 Å². The first-order chi connectivity index (χ1) is 41.0. The van der Waals surface area contributed by atoms with Crippen molar-refractivity contribution in [3.8, 4) is 0 Å². The van der Waals surface area contributed by atoms with E-state index in [1.54, 1.807) is 14.7 Å². The summed E-state index contributed by atoms with van der Waals surface area (Å²) in [5.41, 5.74) is 5.50. The van der Waals surface area contributed by atoms with Crippen LogP contribution in [0, 0.1) is 0 Å². The van der Waals surface area contributed by atoms with Crippen molar-refractivity contribution in [2.75, 3.05) is 165 Å². The number of rotatable bonds is 16. The fourth-order valence-corrected chi connectivity index (χ4v) is 17.9. The molecule has 90 heavy (non-hydrogen) atoms.